The third kappa shape index (κ3) is 2.88. The second-order valence-corrected chi connectivity index (χ2v) is 6.75. The highest BCUT2D eigenvalue weighted by Gasteiger charge is 2.38. The summed E-state index contributed by atoms with van der Waals surface area (Å²) in [6.07, 6.45) is 3.55. The lowest BCUT2D eigenvalue weighted by Gasteiger charge is -2.37. The highest BCUT2D eigenvalue weighted by Crippen LogP contribution is 2.25. The van der Waals surface area contributed by atoms with Crippen molar-refractivity contribution >= 4 is 11.8 Å². The Morgan fingerprint density at radius 3 is 2.88 bits per heavy atom. The van der Waals surface area contributed by atoms with E-state index in [9.17, 15) is 9.59 Å². The van der Waals surface area contributed by atoms with Gasteiger partial charge in [0.15, 0.2) is 0 Å². The van der Waals surface area contributed by atoms with E-state index in [1.807, 2.05) is 35.2 Å². The van der Waals surface area contributed by atoms with Gasteiger partial charge in [-0.3, -0.25) is 9.59 Å². The van der Waals surface area contributed by atoms with Crippen molar-refractivity contribution in [3.63, 3.8) is 0 Å². The third-order valence-electron chi connectivity index (χ3n) is 5.12. The second kappa shape index (κ2) is 6.92. The van der Waals surface area contributed by atoms with Gasteiger partial charge in [-0.25, -0.2) is 4.68 Å². The number of carbonyl (C=O) groups is 2. The Balaban J connectivity index is 1.64. The molecule has 4 rings (SSSR count). The summed E-state index contributed by atoms with van der Waals surface area (Å²) in [5, 5.41) is 4.40. The van der Waals surface area contributed by atoms with Crippen LogP contribution >= 0.6 is 0 Å². The Hall–Kier alpha value is -2.67. The average Bonchev–Trinajstić information content (AvgIpc) is 3.29. The molecular weight excluding hydrogens is 332 g/mol. The van der Waals surface area contributed by atoms with E-state index in [1.165, 1.54) is 0 Å². The Morgan fingerprint density at radius 2 is 2.12 bits per heavy atom. The number of rotatable bonds is 4. The first-order valence-electron chi connectivity index (χ1n) is 8.89. The molecule has 1 atom stereocenters. The first-order valence-corrected chi connectivity index (χ1v) is 8.89. The lowest BCUT2D eigenvalue weighted by molar-refractivity contribution is -0.136. The number of nitrogens with zero attached hydrogens (tertiary/aromatic N) is 4. The Bertz CT molecular complexity index is 817. The maximum absolute atomic E-state index is 13.1. The van der Waals surface area contributed by atoms with Gasteiger partial charge in [-0.15, -0.1) is 0 Å². The quantitative estimate of drug-likeness (QED) is 0.834. The van der Waals surface area contributed by atoms with E-state index >= 15 is 0 Å². The molecular formula is C19H22N4O3. The maximum atomic E-state index is 13.1. The largest absolute Gasteiger partial charge is 0.378 e. The van der Waals surface area contributed by atoms with Crippen LogP contribution in [0.5, 0.6) is 0 Å². The molecule has 0 N–H and O–H groups in total. The van der Waals surface area contributed by atoms with Crippen LogP contribution in [0.15, 0.2) is 36.5 Å². The monoisotopic (exact) mass is 354 g/mol. The van der Waals surface area contributed by atoms with Crippen LogP contribution in [-0.2, 0) is 16.1 Å². The van der Waals surface area contributed by atoms with Gasteiger partial charge in [-0.1, -0.05) is 18.2 Å². The van der Waals surface area contributed by atoms with E-state index in [4.69, 9.17) is 4.74 Å². The lowest BCUT2D eigenvalue weighted by Crippen LogP contribution is -2.55. The fourth-order valence-electron chi connectivity index (χ4n) is 3.87. The van der Waals surface area contributed by atoms with Crippen LogP contribution in [0.2, 0.25) is 0 Å². The van der Waals surface area contributed by atoms with Gasteiger partial charge < -0.3 is 14.5 Å². The minimum Gasteiger partial charge on any atom is -0.378 e. The smallest absolute Gasteiger partial charge is 0.257 e. The summed E-state index contributed by atoms with van der Waals surface area (Å²) in [5.74, 6) is -0.116. The van der Waals surface area contributed by atoms with Crippen molar-refractivity contribution in [3.05, 3.63) is 47.8 Å². The van der Waals surface area contributed by atoms with Crippen LogP contribution in [-0.4, -0.2) is 64.2 Å². The van der Waals surface area contributed by atoms with E-state index in [0.717, 1.165) is 25.1 Å². The molecule has 2 aliphatic heterocycles. The Kier molecular flexibility index (Phi) is 4.46. The molecule has 1 aromatic carbocycles. The summed E-state index contributed by atoms with van der Waals surface area (Å²) in [6.45, 7) is 1.81. The molecule has 0 saturated carbocycles. The fourth-order valence-corrected chi connectivity index (χ4v) is 3.87. The van der Waals surface area contributed by atoms with E-state index in [1.54, 1.807) is 22.9 Å². The van der Waals surface area contributed by atoms with Crippen LogP contribution < -0.4 is 0 Å². The summed E-state index contributed by atoms with van der Waals surface area (Å²) in [6, 6.07) is 9.79. The van der Waals surface area contributed by atoms with Crippen molar-refractivity contribution in [2.24, 2.45) is 0 Å². The number of carbonyl (C=O) groups excluding carboxylic acids is 2. The van der Waals surface area contributed by atoms with Gasteiger partial charge in [0.05, 0.1) is 29.7 Å². The average molecular weight is 354 g/mol. The van der Waals surface area contributed by atoms with Gasteiger partial charge in [-0.05, 0) is 25.0 Å². The van der Waals surface area contributed by atoms with E-state index in [0.29, 0.717) is 17.8 Å². The predicted molar refractivity (Wildman–Crippen MR) is 94.9 cm³/mol. The summed E-state index contributed by atoms with van der Waals surface area (Å²) in [5.41, 5.74) is 2.07. The van der Waals surface area contributed by atoms with Crippen molar-refractivity contribution in [2.75, 3.05) is 26.7 Å². The van der Waals surface area contributed by atoms with Crippen LogP contribution in [0.4, 0.5) is 0 Å². The number of benzene rings is 1. The van der Waals surface area contributed by atoms with E-state index in [-0.39, 0.29) is 31.0 Å². The molecule has 136 valence electrons. The third-order valence-corrected chi connectivity index (χ3v) is 5.12. The molecule has 2 amide bonds. The highest BCUT2D eigenvalue weighted by atomic mass is 16.5. The number of fused-ring (bicyclic) bond motifs is 1. The second-order valence-electron chi connectivity index (χ2n) is 6.75. The zero-order valence-electron chi connectivity index (χ0n) is 14.8. The summed E-state index contributed by atoms with van der Waals surface area (Å²) in [4.78, 5) is 29.0. The minimum atomic E-state index is -0.154. The molecule has 26 heavy (non-hydrogen) atoms. The van der Waals surface area contributed by atoms with Crippen molar-refractivity contribution in [1.29, 1.82) is 0 Å². The number of piperazine rings is 1. The molecule has 0 radical (unpaired) electrons. The molecule has 2 aliphatic rings. The van der Waals surface area contributed by atoms with Crippen molar-refractivity contribution < 1.29 is 14.3 Å². The molecule has 7 nitrogen and oxygen atoms in total. The van der Waals surface area contributed by atoms with Gasteiger partial charge >= 0.3 is 0 Å². The van der Waals surface area contributed by atoms with Crippen LogP contribution in [0, 0.1) is 0 Å². The lowest BCUT2D eigenvalue weighted by atomic mass is 10.1. The molecule has 1 aromatic heterocycles. The fraction of sp³-hybridized carbons (Fsp3) is 0.421. The number of hydrogen-bond donors (Lipinski definition) is 0. The van der Waals surface area contributed by atoms with Crippen LogP contribution in [0.25, 0.3) is 5.69 Å². The molecule has 3 heterocycles. The zero-order valence-corrected chi connectivity index (χ0v) is 14.8. The topological polar surface area (TPSA) is 67.7 Å². The molecule has 2 aromatic rings. The van der Waals surface area contributed by atoms with Gasteiger partial charge in [-0.2, -0.15) is 5.10 Å². The van der Waals surface area contributed by atoms with Gasteiger partial charge in [0.25, 0.3) is 5.91 Å². The zero-order chi connectivity index (χ0) is 18.1. The molecule has 2 fully saturated rings. The number of amides is 2. The first kappa shape index (κ1) is 16.8. The van der Waals surface area contributed by atoms with Gasteiger partial charge in [0, 0.05) is 26.2 Å². The number of ether oxygens (including phenoxy) is 1. The van der Waals surface area contributed by atoms with Crippen molar-refractivity contribution in [1.82, 2.24) is 19.6 Å². The van der Waals surface area contributed by atoms with E-state index < -0.39 is 0 Å². The van der Waals surface area contributed by atoms with Crippen molar-refractivity contribution in [3.8, 4) is 5.69 Å². The molecule has 0 aliphatic carbocycles. The molecule has 7 heteroatoms. The minimum absolute atomic E-state index is 0.0378. The summed E-state index contributed by atoms with van der Waals surface area (Å²) in [7, 11) is 1.59. The molecule has 2 saturated heterocycles. The summed E-state index contributed by atoms with van der Waals surface area (Å²) >= 11 is 0. The molecule has 1 unspecified atom stereocenters. The molecule has 0 spiro atoms. The first-order chi connectivity index (χ1) is 12.7. The Morgan fingerprint density at radius 1 is 1.31 bits per heavy atom. The van der Waals surface area contributed by atoms with Crippen LogP contribution in [0.3, 0.4) is 0 Å². The number of hydrogen-bond acceptors (Lipinski definition) is 4. The Labute approximate surface area is 152 Å². The summed E-state index contributed by atoms with van der Waals surface area (Å²) < 4.78 is 7.04. The SMILES string of the molecule is COCc1c(C(=O)N2CC(=O)N3CCCC3C2)cnn1-c1ccccc1. The predicted octanol–water partition coefficient (Wildman–Crippen LogP) is 1.47. The van der Waals surface area contributed by atoms with Gasteiger partial charge in [0.1, 0.15) is 6.54 Å². The number of methoxy groups -OCH3 is 1. The standard InChI is InChI=1S/C19H22N4O3/c1-26-13-17-16(10-20-23(17)14-6-3-2-4-7-14)19(25)21-11-15-8-5-9-22(15)18(24)12-21/h2-4,6-7,10,15H,5,8-9,11-13H2,1H3. The van der Waals surface area contributed by atoms with Crippen molar-refractivity contribution in [2.45, 2.75) is 25.5 Å². The van der Waals surface area contributed by atoms with Gasteiger partial charge in [0.2, 0.25) is 5.91 Å². The normalized spacial score (nSPS) is 19.7. The van der Waals surface area contributed by atoms with E-state index in [2.05, 4.69) is 5.10 Å². The molecule has 0 bridgehead atoms. The number of aromatic nitrogens is 2. The maximum Gasteiger partial charge on any atom is 0.257 e. The highest BCUT2D eigenvalue weighted by molar-refractivity contribution is 5.98. The van der Waals surface area contributed by atoms with Crippen LogP contribution in [0.1, 0.15) is 28.9 Å². The number of para-hydroxylation sites is 1.